The van der Waals surface area contributed by atoms with E-state index in [9.17, 15) is 4.79 Å². The van der Waals surface area contributed by atoms with Crippen LogP contribution in [0.2, 0.25) is 0 Å². The predicted octanol–water partition coefficient (Wildman–Crippen LogP) is 4.63. The zero-order chi connectivity index (χ0) is 17.8. The maximum atomic E-state index is 12.7. The molecule has 1 atom stereocenters. The monoisotopic (exact) mass is 351 g/mol. The van der Waals surface area contributed by atoms with E-state index in [2.05, 4.69) is 10.2 Å². The molecule has 0 radical (unpaired) electrons. The van der Waals surface area contributed by atoms with Crippen LogP contribution in [0, 0.1) is 6.92 Å². The molecule has 0 N–H and O–H groups in total. The van der Waals surface area contributed by atoms with Crippen LogP contribution in [-0.2, 0) is 4.79 Å². The van der Waals surface area contributed by atoms with Gasteiger partial charge in [0.05, 0.1) is 16.6 Å². The molecule has 1 fully saturated rings. The Morgan fingerprint density at radius 2 is 1.80 bits per heavy atom. The van der Waals surface area contributed by atoms with Crippen molar-refractivity contribution in [2.75, 3.05) is 4.90 Å². The van der Waals surface area contributed by atoms with Crippen LogP contribution in [0.25, 0.3) is 0 Å². The van der Waals surface area contributed by atoms with E-state index in [1.165, 1.54) is 11.8 Å². The summed E-state index contributed by atoms with van der Waals surface area (Å²) in [5, 5.41) is 9.29. The van der Waals surface area contributed by atoms with Crippen LogP contribution < -0.4 is 4.90 Å². The van der Waals surface area contributed by atoms with Crippen LogP contribution >= 0.6 is 11.8 Å². The van der Waals surface area contributed by atoms with Crippen molar-refractivity contribution < 1.29 is 4.79 Å². The van der Waals surface area contributed by atoms with Crippen LogP contribution in [0.4, 0.5) is 5.69 Å². The fourth-order valence-corrected chi connectivity index (χ4v) is 3.60. The highest BCUT2D eigenvalue weighted by molar-refractivity contribution is 8.16. The first-order valence-electron chi connectivity index (χ1n) is 8.35. The third-order valence-electron chi connectivity index (χ3n) is 4.07. The lowest BCUT2D eigenvalue weighted by Crippen LogP contribution is -2.31. The molecule has 0 aromatic heterocycles. The van der Waals surface area contributed by atoms with E-state index in [-0.39, 0.29) is 11.2 Å². The molecular weight excluding hydrogens is 330 g/mol. The molecular formula is C20H21N3OS. The predicted molar refractivity (Wildman–Crippen MR) is 106 cm³/mol. The molecule has 0 unspecified atom stereocenters. The van der Waals surface area contributed by atoms with Crippen molar-refractivity contribution in [1.29, 1.82) is 0 Å². The van der Waals surface area contributed by atoms with Crippen molar-refractivity contribution in [2.24, 2.45) is 10.2 Å². The first-order chi connectivity index (χ1) is 12.1. The number of amidine groups is 1. The Morgan fingerprint density at radius 1 is 1.12 bits per heavy atom. The van der Waals surface area contributed by atoms with E-state index in [0.717, 1.165) is 28.9 Å². The highest BCUT2D eigenvalue weighted by Gasteiger charge is 2.38. The lowest BCUT2D eigenvalue weighted by molar-refractivity contribution is -0.116. The van der Waals surface area contributed by atoms with Gasteiger partial charge >= 0.3 is 0 Å². The molecule has 0 bridgehead atoms. The highest BCUT2D eigenvalue weighted by Crippen LogP contribution is 2.33. The summed E-state index contributed by atoms with van der Waals surface area (Å²) in [6.45, 7) is 5.97. The normalized spacial score (nSPS) is 19.7. The van der Waals surface area contributed by atoms with Crippen molar-refractivity contribution in [1.82, 2.24) is 0 Å². The Labute approximate surface area is 152 Å². The molecule has 0 spiro atoms. The summed E-state index contributed by atoms with van der Waals surface area (Å²) in [5.41, 5.74) is 3.84. The lowest BCUT2D eigenvalue weighted by Gasteiger charge is -2.16. The van der Waals surface area contributed by atoms with Gasteiger partial charge in [-0.15, -0.1) is 5.10 Å². The lowest BCUT2D eigenvalue weighted by atomic mass is 10.1. The van der Waals surface area contributed by atoms with Crippen LogP contribution in [0.3, 0.4) is 0 Å². The van der Waals surface area contributed by atoms with E-state index in [0.29, 0.717) is 5.17 Å². The molecule has 2 aromatic carbocycles. The minimum Gasteiger partial charge on any atom is -0.273 e. The van der Waals surface area contributed by atoms with Gasteiger partial charge in [0.1, 0.15) is 0 Å². The summed E-state index contributed by atoms with van der Waals surface area (Å²) in [4.78, 5) is 14.4. The maximum absolute atomic E-state index is 12.7. The number of rotatable bonds is 4. The molecule has 1 amide bonds. The van der Waals surface area contributed by atoms with Gasteiger partial charge < -0.3 is 0 Å². The van der Waals surface area contributed by atoms with Crippen LogP contribution in [0.5, 0.6) is 0 Å². The maximum Gasteiger partial charge on any atom is 0.246 e. The fraction of sp³-hybridized carbons (Fsp3) is 0.250. The molecule has 25 heavy (non-hydrogen) atoms. The molecule has 5 heteroatoms. The first kappa shape index (κ1) is 17.4. The number of amides is 1. The number of hydrogen-bond acceptors (Lipinski definition) is 4. The summed E-state index contributed by atoms with van der Waals surface area (Å²) in [7, 11) is 0. The van der Waals surface area contributed by atoms with Gasteiger partial charge in [0.25, 0.3) is 0 Å². The van der Waals surface area contributed by atoms with Gasteiger partial charge in [0.15, 0.2) is 5.17 Å². The van der Waals surface area contributed by atoms with Gasteiger partial charge in [-0.25, -0.2) is 0 Å². The highest BCUT2D eigenvalue weighted by atomic mass is 32.2. The van der Waals surface area contributed by atoms with E-state index >= 15 is 0 Å². The largest absolute Gasteiger partial charge is 0.273 e. The second-order valence-electron chi connectivity index (χ2n) is 5.96. The average molecular weight is 351 g/mol. The van der Waals surface area contributed by atoms with Gasteiger partial charge in [0.2, 0.25) is 5.91 Å². The van der Waals surface area contributed by atoms with Crippen molar-refractivity contribution >= 4 is 34.2 Å². The van der Waals surface area contributed by atoms with E-state index in [1.807, 2.05) is 75.4 Å². The third-order valence-corrected chi connectivity index (χ3v) is 5.37. The van der Waals surface area contributed by atoms with Crippen molar-refractivity contribution in [3.05, 3.63) is 65.7 Å². The molecule has 2 aromatic rings. The Bertz CT molecular complexity index is 813. The number of anilines is 1. The molecule has 0 saturated carbocycles. The number of carbonyl (C=O) groups excluding carboxylic acids is 1. The Balaban J connectivity index is 1.94. The summed E-state index contributed by atoms with van der Waals surface area (Å²) >= 11 is 1.48. The van der Waals surface area contributed by atoms with Crippen LogP contribution in [0.1, 0.15) is 31.4 Å². The molecule has 1 saturated heterocycles. The van der Waals surface area contributed by atoms with E-state index in [1.54, 1.807) is 4.90 Å². The van der Waals surface area contributed by atoms with Crippen LogP contribution in [-0.4, -0.2) is 22.0 Å². The topological polar surface area (TPSA) is 45.0 Å². The standard InChI is InChI=1S/C20H21N3OS/c1-4-18-19(24)23(17-12-10-14(2)11-13-17)20(25-18)22-21-15(3)16-8-6-5-7-9-16/h5-13,18H,4H2,1-3H3/b21-15-,22-20-/t18-/m0/s1. The Hall–Kier alpha value is -2.40. The van der Waals surface area contributed by atoms with Gasteiger partial charge in [-0.3, -0.25) is 9.69 Å². The SMILES string of the molecule is CC[C@@H]1S/C(=N\N=C(\C)c2ccccc2)N(c2ccc(C)cc2)C1=O. The summed E-state index contributed by atoms with van der Waals surface area (Å²) < 4.78 is 0. The molecule has 1 heterocycles. The quantitative estimate of drug-likeness (QED) is 0.595. The first-order valence-corrected chi connectivity index (χ1v) is 9.23. The summed E-state index contributed by atoms with van der Waals surface area (Å²) in [6.07, 6.45) is 0.770. The van der Waals surface area contributed by atoms with Crippen LogP contribution in [0.15, 0.2) is 64.8 Å². The fourth-order valence-electron chi connectivity index (χ4n) is 2.58. The number of thioether (sulfide) groups is 1. The average Bonchev–Trinajstić information content (AvgIpc) is 2.97. The minimum atomic E-state index is -0.104. The molecule has 1 aliphatic heterocycles. The summed E-state index contributed by atoms with van der Waals surface area (Å²) in [6, 6.07) is 17.8. The van der Waals surface area contributed by atoms with E-state index < -0.39 is 0 Å². The number of benzene rings is 2. The number of nitrogens with zero attached hydrogens (tertiary/aromatic N) is 3. The third kappa shape index (κ3) is 3.82. The molecule has 0 aliphatic carbocycles. The smallest absolute Gasteiger partial charge is 0.246 e. The Morgan fingerprint density at radius 3 is 2.44 bits per heavy atom. The molecule has 128 valence electrons. The number of hydrogen-bond donors (Lipinski definition) is 0. The minimum absolute atomic E-state index is 0.0719. The van der Waals surface area contributed by atoms with Gasteiger partial charge in [-0.1, -0.05) is 66.7 Å². The molecule has 1 aliphatic rings. The number of aryl methyl sites for hydroxylation is 1. The van der Waals surface area contributed by atoms with Gasteiger partial charge in [-0.2, -0.15) is 5.10 Å². The van der Waals surface area contributed by atoms with Gasteiger partial charge in [0, 0.05) is 0 Å². The van der Waals surface area contributed by atoms with Crippen molar-refractivity contribution in [3.8, 4) is 0 Å². The zero-order valence-electron chi connectivity index (χ0n) is 14.6. The van der Waals surface area contributed by atoms with Crippen molar-refractivity contribution in [3.63, 3.8) is 0 Å². The second kappa shape index (κ2) is 7.66. The Kier molecular flexibility index (Phi) is 5.34. The summed E-state index contributed by atoms with van der Waals surface area (Å²) in [5.74, 6) is 0.0719. The zero-order valence-corrected chi connectivity index (χ0v) is 15.5. The molecule has 3 rings (SSSR count). The molecule has 4 nitrogen and oxygen atoms in total. The second-order valence-corrected chi connectivity index (χ2v) is 7.13. The number of carbonyl (C=O) groups is 1. The van der Waals surface area contributed by atoms with Gasteiger partial charge in [-0.05, 0) is 38.0 Å². The van der Waals surface area contributed by atoms with Crippen molar-refractivity contribution in [2.45, 2.75) is 32.4 Å². The van der Waals surface area contributed by atoms with E-state index in [4.69, 9.17) is 0 Å².